The predicted molar refractivity (Wildman–Crippen MR) is 67.4 cm³/mol. The Morgan fingerprint density at radius 3 is 2.44 bits per heavy atom. The molecule has 2 rings (SSSR count). The van der Waals surface area contributed by atoms with Crippen molar-refractivity contribution in [1.82, 2.24) is 0 Å². The molecule has 1 heterocycles. The lowest BCUT2D eigenvalue weighted by molar-refractivity contribution is -0.133. The largest absolute Gasteiger partial charge is 0.392 e. The van der Waals surface area contributed by atoms with E-state index in [1.54, 1.807) is 30.3 Å². The third-order valence-corrected chi connectivity index (χ3v) is 5.95. The van der Waals surface area contributed by atoms with Gasteiger partial charge in [-0.05, 0) is 24.8 Å². The van der Waals surface area contributed by atoms with Crippen molar-refractivity contribution in [3.8, 4) is 0 Å². The molecule has 0 aliphatic carbocycles. The predicted octanol–water partition coefficient (Wildman–Crippen LogP) is 2.99. The Morgan fingerprint density at radius 2 is 1.89 bits per heavy atom. The first-order valence-corrected chi connectivity index (χ1v) is 7.94. The molecule has 2 unspecified atom stereocenters. The summed E-state index contributed by atoms with van der Waals surface area (Å²) >= 11 is 0. The second-order valence-corrected chi connectivity index (χ2v) is 6.93. The molecule has 1 aliphatic rings. The molecule has 1 aromatic rings. The maximum absolute atomic E-state index is 13.1. The quantitative estimate of drug-likeness (QED) is 0.770. The topological polar surface area (TPSA) is 9.23 Å². The number of rotatable bonds is 3. The zero-order valence-corrected chi connectivity index (χ0v) is 11.5. The molecule has 1 aliphatic heterocycles. The molecule has 0 radical (unpaired) electrons. The van der Waals surface area contributed by atoms with E-state index in [9.17, 15) is 13.2 Å². The Balaban J connectivity index is 2.11. The fourth-order valence-electron chi connectivity index (χ4n) is 2.40. The van der Waals surface area contributed by atoms with Gasteiger partial charge in [0.15, 0.2) is 0 Å². The van der Waals surface area contributed by atoms with E-state index < -0.39 is 21.2 Å². The SMILES string of the molecule is FC(F)(F)C([SiH2]C1CCCCO1)c1ccccc1. The standard InChI is InChI=1S/C13H17F3OSi/c14-13(15,16)12(10-6-2-1-3-7-10)18-11-8-4-5-9-17-11/h1-3,6-7,11-12H,4-5,8-9,18H2. The molecule has 1 nitrogen and oxygen atoms in total. The first kappa shape index (κ1) is 13.6. The Morgan fingerprint density at radius 1 is 1.17 bits per heavy atom. The van der Waals surface area contributed by atoms with Gasteiger partial charge in [0, 0.05) is 12.3 Å². The third-order valence-electron chi connectivity index (χ3n) is 3.37. The van der Waals surface area contributed by atoms with Crippen LogP contribution in [0.25, 0.3) is 0 Å². The highest BCUT2D eigenvalue weighted by Gasteiger charge is 2.42. The lowest BCUT2D eigenvalue weighted by Crippen LogP contribution is -2.36. The van der Waals surface area contributed by atoms with Crippen LogP contribution in [0.1, 0.15) is 30.4 Å². The molecule has 0 amide bonds. The van der Waals surface area contributed by atoms with Crippen molar-refractivity contribution in [2.75, 3.05) is 6.61 Å². The summed E-state index contributed by atoms with van der Waals surface area (Å²) in [6.45, 7) is 0.622. The zero-order valence-electron chi connectivity index (χ0n) is 10.1. The van der Waals surface area contributed by atoms with Crippen LogP contribution < -0.4 is 0 Å². The van der Waals surface area contributed by atoms with Crippen LogP contribution in [0.15, 0.2) is 30.3 Å². The molecule has 0 bridgehead atoms. The second kappa shape index (κ2) is 5.89. The molecule has 1 saturated heterocycles. The Labute approximate surface area is 107 Å². The number of halogens is 3. The van der Waals surface area contributed by atoms with Crippen LogP contribution in [-0.2, 0) is 4.74 Å². The van der Waals surface area contributed by atoms with Gasteiger partial charge in [0.05, 0.1) is 15.1 Å². The second-order valence-electron chi connectivity index (χ2n) is 4.73. The minimum Gasteiger partial charge on any atom is -0.382 e. The van der Waals surface area contributed by atoms with Gasteiger partial charge in [0.2, 0.25) is 0 Å². The molecular formula is C13H17F3OSi. The number of ether oxygens (including phenoxy) is 1. The van der Waals surface area contributed by atoms with Gasteiger partial charge in [0.25, 0.3) is 0 Å². The summed E-state index contributed by atoms with van der Waals surface area (Å²) in [5, 5.41) is 0. The van der Waals surface area contributed by atoms with Crippen LogP contribution in [-0.4, -0.2) is 28.0 Å². The minimum atomic E-state index is -4.14. The van der Waals surface area contributed by atoms with E-state index in [1.807, 2.05) is 0 Å². The van der Waals surface area contributed by atoms with Gasteiger partial charge in [-0.3, -0.25) is 0 Å². The van der Waals surface area contributed by atoms with Gasteiger partial charge < -0.3 is 4.74 Å². The van der Waals surface area contributed by atoms with E-state index in [0.29, 0.717) is 12.2 Å². The molecule has 0 spiro atoms. The smallest absolute Gasteiger partial charge is 0.382 e. The van der Waals surface area contributed by atoms with Gasteiger partial charge in [-0.15, -0.1) is 0 Å². The fraction of sp³-hybridized carbons (Fsp3) is 0.538. The van der Waals surface area contributed by atoms with E-state index in [-0.39, 0.29) is 5.73 Å². The number of hydrogen-bond acceptors (Lipinski definition) is 1. The molecule has 2 atom stereocenters. The van der Waals surface area contributed by atoms with E-state index in [4.69, 9.17) is 4.74 Å². The molecule has 5 heteroatoms. The van der Waals surface area contributed by atoms with Crippen molar-refractivity contribution in [3.63, 3.8) is 0 Å². The Bertz CT molecular complexity index is 360. The maximum atomic E-state index is 13.1. The molecule has 1 fully saturated rings. The summed E-state index contributed by atoms with van der Waals surface area (Å²) in [6, 6.07) is 8.24. The molecule has 0 N–H and O–H groups in total. The third kappa shape index (κ3) is 3.59. The highest BCUT2D eigenvalue weighted by Crippen LogP contribution is 2.35. The zero-order chi connectivity index (χ0) is 13.0. The summed E-state index contributed by atoms with van der Waals surface area (Å²) in [7, 11) is -1.37. The molecule has 1 aromatic carbocycles. The summed E-state index contributed by atoms with van der Waals surface area (Å²) in [6.07, 6.45) is -1.37. The van der Waals surface area contributed by atoms with Crippen LogP contribution in [0.5, 0.6) is 0 Å². The van der Waals surface area contributed by atoms with Crippen molar-refractivity contribution in [2.24, 2.45) is 0 Å². The van der Waals surface area contributed by atoms with Gasteiger partial charge in [-0.2, -0.15) is 13.2 Å². The van der Waals surface area contributed by atoms with Gasteiger partial charge in [-0.25, -0.2) is 0 Å². The van der Waals surface area contributed by atoms with E-state index in [2.05, 4.69) is 0 Å². The normalized spacial score (nSPS) is 23.4. The van der Waals surface area contributed by atoms with Crippen LogP contribution in [0.2, 0.25) is 0 Å². The van der Waals surface area contributed by atoms with Crippen LogP contribution >= 0.6 is 0 Å². The average molecular weight is 274 g/mol. The minimum absolute atomic E-state index is 0.120. The summed E-state index contributed by atoms with van der Waals surface area (Å²) in [5.74, 6) is 0. The van der Waals surface area contributed by atoms with E-state index >= 15 is 0 Å². The molecule has 0 saturated carbocycles. The highest BCUT2D eigenvalue weighted by molar-refractivity contribution is 6.40. The van der Waals surface area contributed by atoms with Crippen molar-refractivity contribution in [2.45, 2.75) is 36.7 Å². The molecule has 18 heavy (non-hydrogen) atoms. The van der Waals surface area contributed by atoms with Gasteiger partial charge >= 0.3 is 6.18 Å². The monoisotopic (exact) mass is 274 g/mol. The highest BCUT2D eigenvalue weighted by atomic mass is 28.2. The van der Waals surface area contributed by atoms with Gasteiger partial charge in [-0.1, -0.05) is 30.3 Å². The molecule has 100 valence electrons. The van der Waals surface area contributed by atoms with E-state index in [0.717, 1.165) is 19.3 Å². The van der Waals surface area contributed by atoms with Crippen molar-refractivity contribution in [3.05, 3.63) is 35.9 Å². The summed E-state index contributed by atoms with van der Waals surface area (Å²) in [5.41, 5.74) is -1.00. The number of alkyl halides is 3. The van der Waals surface area contributed by atoms with Crippen LogP contribution in [0.4, 0.5) is 13.2 Å². The maximum Gasteiger partial charge on any atom is 0.392 e. The van der Waals surface area contributed by atoms with Crippen molar-refractivity contribution >= 4 is 9.52 Å². The average Bonchev–Trinajstić information content (AvgIpc) is 2.37. The lowest BCUT2D eigenvalue weighted by Gasteiger charge is -2.28. The molecule has 0 aromatic heterocycles. The fourth-order valence-corrected chi connectivity index (χ4v) is 4.56. The van der Waals surface area contributed by atoms with Crippen molar-refractivity contribution in [1.29, 1.82) is 0 Å². The van der Waals surface area contributed by atoms with E-state index in [1.165, 1.54) is 0 Å². The number of hydrogen-bond donors (Lipinski definition) is 0. The van der Waals surface area contributed by atoms with Crippen molar-refractivity contribution < 1.29 is 17.9 Å². The van der Waals surface area contributed by atoms with Gasteiger partial charge in [0.1, 0.15) is 0 Å². The summed E-state index contributed by atoms with van der Waals surface area (Å²) < 4.78 is 44.9. The van der Waals surface area contributed by atoms with Crippen LogP contribution in [0, 0.1) is 0 Å². The lowest BCUT2D eigenvalue weighted by atomic mass is 10.1. The first-order chi connectivity index (χ1) is 8.57. The Hall–Kier alpha value is -0.813. The molecular weight excluding hydrogens is 257 g/mol. The first-order valence-electron chi connectivity index (χ1n) is 6.30. The number of benzene rings is 1. The summed E-state index contributed by atoms with van der Waals surface area (Å²) in [4.78, 5) is 0. The van der Waals surface area contributed by atoms with Crippen LogP contribution in [0.3, 0.4) is 0 Å². The Kier molecular flexibility index (Phi) is 4.45.